The second kappa shape index (κ2) is 8.10. The Kier molecular flexibility index (Phi) is 5.40. The Hall–Kier alpha value is -2.38. The van der Waals surface area contributed by atoms with Gasteiger partial charge in [0.1, 0.15) is 23.7 Å². The van der Waals surface area contributed by atoms with E-state index in [0.29, 0.717) is 13.2 Å². The maximum absolute atomic E-state index is 5.80. The van der Waals surface area contributed by atoms with Gasteiger partial charge >= 0.3 is 0 Å². The lowest BCUT2D eigenvalue weighted by molar-refractivity contribution is -0.169. The van der Waals surface area contributed by atoms with Gasteiger partial charge in [-0.15, -0.1) is 0 Å². The number of hydrogen-bond donors (Lipinski definition) is 1. The third kappa shape index (κ3) is 4.31. The molecule has 7 heteroatoms. The van der Waals surface area contributed by atoms with Crippen molar-refractivity contribution < 1.29 is 14.2 Å². The summed E-state index contributed by atoms with van der Waals surface area (Å²) in [6.45, 7) is 3.98. The molecule has 4 rings (SSSR count). The fourth-order valence-electron chi connectivity index (χ4n) is 3.61. The molecule has 0 unspecified atom stereocenters. The lowest BCUT2D eigenvalue weighted by atomic mass is 10.0. The molecular formula is C20H26N4O3. The first-order valence-electron chi connectivity index (χ1n) is 9.48. The van der Waals surface area contributed by atoms with Crippen molar-refractivity contribution in [2.45, 2.75) is 25.0 Å². The monoisotopic (exact) mass is 370 g/mol. The van der Waals surface area contributed by atoms with Gasteiger partial charge in [0.15, 0.2) is 5.79 Å². The first kappa shape index (κ1) is 18.0. The van der Waals surface area contributed by atoms with Crippen molar-refractivity contribution in [3.63, 3.8) is 0 Å². The van der Waals surface area contributed by atoms with Gasteiger partial charge in [0.05, 0.1) is 20.3 Å². The van der Waals surface area contributed by atoms with Gasteiger partial charge in [-0.3, -0.25) is 0 Å². The van der Waals surface area contributed by atoms with Crippen molar-refractivity contribution >= 4 is 11.6 Å². The van der Waals surface area contributed by atoms with Crippen molar-refractivity contribution in [2.75, 3.05) is 50.2 Å². The van der Waals surface area contributed by atoms with E-state index in [1.165, 1.54) is 5.56 Å². The second-order valence-corrected chi connectivity index (χ2v) is 6.88. The molecule has 3 heterocycles. The zero-order chi connectivity index (χ0) is 18.5. The number of nitrogens with zero attached hydrogens (tertiary/aromatic N) is 3. The minimum absolute atomic E-state index is 0.358. The van der Waals surface area contributed by atoms with E-state index < -0.39 is 0 Å². The number of rotatable bonds is 6. The first-order chi connectivity index (χ1) is 13.3. The molecule has 1 aromatic heterocycles. The maximum Gasteiger partial charge on any atom is 0.171 e. The molecule has 144 valence electrons. The lowest BCUT2D eigenvalue weighted by Gasteiger charge is -2.38. The van der Waals surface area contributed by atoms with Crippen molar-refractivity contribution in [2.24, 2.45) is 0 Å². The van der Waals surface area contributed by atoms with E-state index in [1.54, 1.807) is 13.4 Å². The molecule has 1 N–H and O–H groups in total. The van der Waals surface area contributed by atoms with E-state index in [9.17, 15) is 0 Å². The number of aromatic nitrogens is 2. The lowest BCUT2D eigenvalue weighted by Crippen LogP contribution is -2.45. The number of anilines is 2. The van der Waals surface area contributed by atoms with Gasteiger partial charge < -0.3 is 24.4 Å². The van der Waals surface area contributed by atoms with Crippen LogP contribution in [0.25, 0.3) is 0 Å². The van der Waals surface area contributed by atoms with Crippen molar-refractivity contribution in [1.29, 1.82) is 0 Å². The average molecular weight is 370 g/mol. The highest BCUT2D eigenvalue weighted by Crippen LogP contribution is 2.32. The van der Waals surface area contributed by atoms with Gasteiger partial charge in [0.2, 0.25) is 0 Å². The predicted molar refractivity (Wildman–Crippen MR) is 103 cm³/mol. The summed E-state index contributed by atoms with van der Waals surface area (Å²) in [5, 5.41) is 3.39. The van der Waals surface area contributed by atoms with E-state index in [1.807, 2.05) is 18.2 Å². The van der Waals surface area contributed by atoms with Crippen LogP contribution < -0.4 is 15.0 Å². The fourth-order valence-corrected chi connectivity index (χ4v) is 3.61. The Balaban J connectivity index is 1.30. The number of hydrogen-bond acceptors (Lipinski definition) is 7. The Morgan fingerprint density at radius 1 is 1.11 bits per heavy atom. The molecule has 27 heavy (non-hydrogen) atoms. The number of ether oxygens (including phenoxy) is 3. The Labute approximate surface area is 159 Å². The normalized spacial score (nSPS) is 18.6. The van der Waals surface area contributed by atoms with Crippen LogP contribution in [0.2, 0.25) is 0 Å². The van der Waals surface area contributed by atoms with Crippen LogP contribution in [0.1, 0.15) is 18.4 Å². The van der Waals surface area contributed by atoms with Crippen LogP contribution in [0.3, 0.4) is 0 Å². The van der Waals surface area contributed by atoms with Crippen LogP contribution in [0, 0.1) is 0 Å². The Morgan fingerprint density at radius 2 is 1.85 bits per heavy atom. The molecule has 2 saturated heterocycles. The third-order valence-corrected chi connectivity index (χ3v) is 5.19. The van der Waals surface area contributed by atoms with Crippen molar-refractivity contribution in [1.82, 2.24) is 9.97 Å². The summed E-state index contributed by atoms with van der Waals surface area (Å²) in [5.74, 6) is 2.32. The average Bonchev–Trinajstić information content (AvgIpc) is 3.17. The Bertz CT molecular complexity index is 737. The fraction of sp³-hybridized carbons (Fsp3) is 0.500. The molecule has 2 aromatic rings. The molecule has 0 radical (unpaired) electrons. The summed E-state index contributed by atoms with van der Waals surface area (Å²) in [6, 6.07) is 10.2. The van der Waals surface area contributed by atoms with Crippen LogP contribution in [0.5, 0.6) is 5.75 Å². The van der Waals surface area contributed by atoms with Gasteiger partial charge in [0.25, 0.3) is 0 Å². The van der Waals surface area contributed by atoms with E-state index in [0.717, 1.165) is 56.3 Å². The minimum atomic E-state index is -0.358. The smallest absolute Gasteiger partial charge is 0.171 e. The van der Waals surface area contributed by atoms with E-state index >= 15 is 0 Å². The third-order valence-electron chi connectivity index (χ3n) is 5.19. The summed E-state index contributed by atoms with van der Waals surface area (Å²) < 4.78 is 16.8. The molecule has 0 amide bonds. The molecule has 2 fully saturated rings. The maximum atomic E-state index is 5.80. The van der Waals surface area contributed by atoms with Crippen LogP contribution in [-0.2, 0) is 15.9 Å². The quantitative estimate of drug-likeness (QED) is 0.838. The van der Waals surface area contributed by atoms with E-state index in [2.05, 4.69) is 32.3 Å². The minimum Gasteiger partial charge on any atom is -0.497 e. The molecule has 0 atom stereocenters. The molecule has 0 bridgehead atoms. The number of nitrogens with one attached hydrogen (secondary N) is 1. The summed E-state index contributed by atoms with van der Waals surface area (Å²) in [4.78, 5) is 11.1. The van der Waals surface area contributed by atoms with E-state index in [4.69, 9.17) is 14.2 Å². The summed E-state index contributed by atoms with van der Waals surface area (Å²) in [6.07, 6.45) is 4.29. The summed E-state index contributed by atoms with van der Waals surface area (Å²) in [7, 11) is 1.68. The van der Waals surface area contributed by atoms with Gasteiger partial charge in [-0.25, -0.2) is 9.97 Å². The molecule has 2 aliphatic rings. The van der Waals surface area contributed by atoms with Crippen LogP contribution in [0.15, 0.2) is 36.7 Å². The number of piperidine rings is 1. The summed E-state index contributed by atoms with van der Waals surface area (Å²) in [5.41, 5.74) is 1.26. The zero-order valence-electron chi connectivity index (χ0n) is 15.7. The highest BCUT2D eigenvalue weighted by atomic mass is 16.7. The molecule has 1 aromatic carbocycles. The van der Waals surface area contributed by atoms with Crippen molar-refractivity contribution in [3.8, 4) is 5.75 Å². The standard InChI is InChI=1S/C20H26N4O3/c1-25-17-4-2-16(3-5-17)6-9-21-18-14-19(23-15-22-18)24-10-7-20(8-11-24)26-12-13-27-20/h2-5,14-15H,6-13H2,1H3,(H,21,22,23). The topological polar surface area (TPSA) is 68.7 Å². The SMILES string of the molecule is COc1ccc(CCNc2cc(N3CCC4(CC3)OCCO4)ncn2)cc1. The summed E-state index contributed by atoms with van der Waals surface area (Å²) >= 11 is 0. The number of methoxy groups -OCH3 is 1. The largest absolute Gasteiger partial charge is 0.497 e. The van der Waals surface area contributed by atoms with E-state index in [-0.39, 0.29) is 5.79 Å². The van der Waals surface area contributed by atoms with Crippen LogP contribution >= 0.6 is 0 Å². The predicted octanol–water partition coefficient (Wildman–Crippen LogP) is 2.48. The second-order valence-electron chi connectivity index (χ2n) is 6.88. The molecule has 0 aliphatic carbocycles. The molecule has 1 spiro atoms. The highest BCUT2D eigenvalue weighted by molar-refractivity contribution is 5.49. The molecule has 7 nitrogen and oxygen atoms in total. The van der Waals surface area contributed by atoms with Crippen LogP contribution in [0.4, 0.5) is 11.6 Å². The molecule has 0 saturated carbocycles. The van der Waals surface area contributed by atoms with Gasteiger partial charge in [-0.05, 0) is 24.1 Å². The number of benzene rings is 1. The van der Waals surface area contributed by atoms with Gasteiger partial charge in [0, 0.05) is 38.5 Å². The molecular weight excluding hydrogens is 344 g/mol. The zero-order valence-corrected chi connectivity index (χ0v) is 15.7. The Morgan fingerprint density at radius 3 is 2.56 bits per heavy atom. The van der Waals surface area contributed by atoms with Crippen molar-refractivity contribution in [3.05, 3.63) is 42.2 Å². The van der Waals surface area contributed by atoms with Gasteiger partial charge in [-0.2, -0.15) is 0 Å². The van der Waals surface area contributed by atoms with Gasteiger partial charge in [-0.1, -0.05) is 12.1 Å². The molecule has 2 aliphatic heterocycles. The van der Waals surface area contributed by atoms with Crippen LogP contribution in [-0.4, -0.2) is 55.7 Å². The first-order valence-corrected chi connectivity index (χ1v) is 9.48. The highest BCUT2D eigenvalue weighted by Gasteiger charge is 2.40.